The summed E-state index contributed by atoms with van der Waals surface area (Å²) >= 11 is 3.26. The van der Waals surface area contributed by atoms with Gasteiger partial charge in [-0.15, -0.1) is 0 Å². The number of carbonyl (C=O) groups excluding carboxylic acids is 1. The number of carboxylic acid groups (broad SMARTS) is 1. The SMILES string of the molecule is O=C(CC1CCCCO1)Nc1ccc(C(=O)O)cc1Br. The van der Waals surface area contributed by atoms with Crippen LogP contribution in [-0.2, 0) is 9.53 Å². The molecule has 1 aliphatic heterocycles. The summed E-state index contributed by atoms with van der Waals surface area (Å²) in [5.41, 5.74) is 0.737. The fourth-order valence-corrected chi connectivity index (χ4v) is 2.60. The molecule has 2 N–H and O–H groups in total. The van der Waals surface area contributed by atoms with E-state index in [-0.39, 0.29) is 17.6 Å². The molecule has 6 heteroatoms. The number of carbonyl (C=O) groups is 2. The van der Waals surface area contributed by atoms with E-state index in [0.29, 0.717) is 16.6 Å². The molecule has 2 rings (SSSR count). The zero-order chi connectivity index (χ0) is 14.5. The van der Waals surface area contributed by atoms with Crippen LogP contribution in [0.3, 0.4) is 0 Å². The van der Waals surface area contributed by atoms with Crippen LogP contribution in [0.15, 0.2) is 22.7 Å². The molecule has 0 saturated carbocycles. The lowest BCUT2D eigenvalue weighted by atomic mass is 10.1. The average molecular weight is 342 g/mol. The third-order valence-electron chi connectivity index (χ3n) is 3.18. The van der Waals surface area contributed by atoms with Crippen LogP contribution >= 0.6 is 15.9 Å². The topological polar surface area (TPSA) is 75.6 Å². The predicted molar refractivity (Wildman–Crippen MR) is 77.9 cm³/mol. The number of aromatic carboxylic acids is 1. The third kappa shape index (κ3) is 4.05. The first-order chi connectivity index (χ1) is 9.56. The number of amides is 1. The molecular weight excluding hydrogens is 326 g/mol. The van der Waals surface area contributed by atoms with E-state index in [9.17, 15) is 9.59 Å². The van der Waals surface area contributed by atoms with Gasteiger partial charge in [0, 0.05) is 11.1 Å². The van der Waals surface area contributed by atoms with Gasteiger partial charge in [-0.05, 0) is 53.4 Å². The number of hydrogen-bond donors (Lipinski definition) is 2. The van der Waals surface area contributed by atoms with Crippen LogP contribution in [0.2, 0.25) is 0 Å². The average Bonchev–Trinajstić information content (AvgIpc) is 2.42. The van der Waals surface area contributed by atoms with Crippen molar-refractivity contribution in [1.82, 2.24) is 0 Å². The van der Waals surface area contributed by atoms with E-state index >= 15 is 0 Å². The minimum atomic E-state index is -1.00. The van der Waals surface area contributed by atoms with Crippen LogP contribution in [-0.4, -0.2) is 29.7 Å². The van der Waals surface area contributed by atoms with Gasteiger partial charge in [0.1, 0.15) is 0 Å². The molecule has 20 heavy (non-hydrogen) atoms. The van der Waals surface area contributed by atoms with Crippen LogP contribution < -0.4 is 5.32 Å². The Morgan fingerprint density at radius 1 is 1.40 bits per heavy atom. The first-order valence-electron chi connectivity index (χ1n) is 6.50. The van der Waals surface area contributed by atoms with Crippen LogP contribution in [0.25, 0.3) is 0 Å². The molecule has 1 atom stereocenters. The summed E-state index contributed by atoms with van der Waals surface area (Å²) in [5.74, 6) is -1.13. The number of hydrogen-bond acceptors (Lipinski definition) is 3. The van der Waals surface area contributed by atoms with E-state index in [1.54, 1.807) is 6.07 Å². The van der Waals surface area contributed by atoms with Gasteiger partial charge in [0.05, 0.1) is 23.8 Å². The molecule has 1 aliphatic rings. The zero-order valence-corrected chi connectivity index (χ0v) is 12.5. The summed E-state index contributed by atoms with van der Waals surface area (Å²) in [6.07, 6.45) is 3.37. The zero-order valence-electron chi connectivity index (χ0n) is 10.9. The Morgan fingerprint density at radius 2 is 2.20 bits per heavy atom. The van der Waals surface area contributed by atoms with Gasteiger partial charge in [0.15, 0.2) is 0 Å². The van der Waals surface area contributed by atoms with Crippen molar-refractivity contribution in [2.45, 2.75) is 31.8 Å². The Labute approximate surface area is 125 Å². The molecule has 0 spiro atoms. The van der Waals surface area contributed by atoms with Crippen molar-refractivity contribution in [3.8, 4) is 0 Å². The maximum absolute atomic E-state index is 11.9. The number of nitrogens with one attached hydrogen (secondary N) is 1. The number of rotatable bonds is 4. The molecule has 108 valence electrons. The molecule has 0 aromatic heterocycles. The lowest BCUT2D eigenvalue weighted by molar-refractivity contribution is -0.119. The number of halogens is 1. The van der Waals surface area contributed by atoms with Crippen molar-refractivity contribution in [2.24, 2.45) is 0 Å². The maximum atomic E-state index is 11.9. The lowest BCUT2D eigenvalue weighted by Gasteiger charge is -2.22. The number of carboxylic acids is 1. The molecule has 1 fully saturated rings. The Hall–Kier alpha value is -1.40. The Balaban J connectivity index is 1.95. The fraction of sp³-hybridized carbons (Fsp3) is 0.429. The van der Waals surface area contributed by atoms with Gasteiger partial charge in [-0.3, -0.25) is 4.79 Å². The third-order valence-corrected chi connectivity index (χ3v) is 3.83. The minimum absolute atomic E-state index is 0.0131. The second kappa shape index (κ2) is 6.85. The van der Waals surface area contributed by atoms with Crippen LogP contribution in [0.5, 0.6) is 0 Å². The first-order valence-corrected chi connectivity index (χ1v) is 7.30. The molecule has 0 radical (unpaired) electrons. The fourth-order valence-electron chi connectivity index (χ4n) is 2.13. The van der Waals surface area contributed by atoms with E-state index in [4.69, 9.17) is 9.84 Å². The highest BCUT2D eigenvalue weighted by atomic mass is 79.9. The van der Waals surface area contributed by atoms with E-state index in [1.165, 1.54) is 12.1 Å². The summed E-state index contributed by atoms with van der Waals surface area (Å²) in [6, 6.07) is 4.50. The van der Waals surface area contributed by atoms with E-state index in [2.05, 4.69) is 21.2 Å². The molecule has 5 nitrogen and oxygen atoms in total. The van der Waals surface area contributed by atoms with Crippen LogP contribution in [0, 0.1) is 0 Å². The molecule has 0 bridgehead atoms. The highest BCUT2D eigenvalue weighted by molar-refractivity contribution is 9.10. The molecule has 1 saturated heterocycles. The number of ether oxygens (including phenoxy) is 1. The van der Waals surface area contributed by atoms with Crippen molar-refractivity contribution in [1.29, 1.82) is 0 Å². The lowest BCUT2D eigenvalue weighted by Crippen LogP contribution is -2.25. The van der Waals surface area contributed by atoms with Crippen molar-refractivity contribution in [2.75, 3.05) is 11.9 Å². The first kappa shape index (κ1) is 15.0. The molecule has 0 aliphatic carbocycles. The van der Waals surface area contributed by atoms with Crippen molar-refractivity contribution >= 4 is 33.5 Å². The standard InChI is InChI=1S/C14H16BrNO4/c15-11-7-9(14(18)19)4-5-12(11)16-13(17)8-10-3-1-2-6-20-10/h4-5,7,10H,1-3,6,8H2,(H,16,17)(H,18,19). The highest BCUT2D eigenvalue weighted by Crippen LogP contribution is 2.24. The molecule has 1 amide bonds. The van der Waals surface area contributed by atoms with Gasteiger partial charge in [0.2, 0.25) is 5.91 Å². The van der Waals surface area contributed by atoms with Crippen molar-refractivity contribution in [3.63, 3.8) is 0 Å². The van der Waals surface area contributed by atoms with Gasteiger partial charge >= 0.3 is 5.97 Å². The highest BCUT2D eigenvalue weighted by Gasteiger charge is 2.18. The second-order valence-corrected chi connectivity index (χ2v) is 5.59. The number of anilines is 1. The summed E-state index contributed by atoms with van der Waals surface area (Å²) in [7, 11) is 0. The van der Waals surface area contributed by atoms with Crippen LogP contribution in [0.4, 0.5) is 5.69 Å². The summed E-state index contributed by atoms with van der Waals surface area (Å²) in [6.45, 7) is 0.717. The van der Waals surface area contributed by atoms with Crippen molar-refractivity contribution < 1.29 is 19.4 Å². The second-order valence-electron chi connectivity index (χ2n) is 4.74. The summed E-state index contributed by atoms with van der Waals surface area (Å²) in [5, 5.41) is 11.6. The Kier molecular flexibility index (Phi) is 5.14. The quantitative estimate of drug-likeness (QED) is 0.882. The predicted octanol–water partition coefficient (Wildman–Crippen LogP) is 3.05. The Morgan fingerprint density at radius 3 is 2.80 bits per heavy atom. The monoisotopic (exact) mass is 341 g/mol. The van der Waals surface area contributed by atoms with E-state index < -0.39 is 5.97 Å². The van der Waals surface area contributed by atoms with Gasteiger partial charge in [0.25, 0.3) is 0 Å². The molecule has 1 aromatic rings. The summed E-state index contributed by atoms with van der Waals surface area (Å²) in [4.78, 5) is 22.7. The smallest absolute Gasteiger partial charge is 0.335 e. The van der Waals surface area contributed by atoms with Crippen molar-refractivity contribution in [3.05, 3.63) is 28.2 Å². The van der Waals surface area contributed by atoms with Gasteiger partial charge in [-0.2, -0.15) is 0 Å². The van der Waals surface area contributed by atoms with E-state index in [1.807, 2.05) is 0 Å². The normalized spacial score (nSPS) is 18.6. The van der Waals surface area contributed by atoms with Gasteiger partial charge in [-0.25, -0.2) is 4.79 Å². The van der Waals surface area contributed by atoms with Gasteiger partial charge in [-0.1, -0.05) is 0 Å². The Bertz CT molecular complexity index is 512. The molecule has 1 aromatic carbocycles. The minimum Gasteiger partial charge on any atom is -0.478 e. The molecule has 1 heterocycles. The summed E-state index contributed by atoms with van der Waals surface area (Å²) < 4.78 is 6.07. The van der Waals surface area contributed by atoms with E-state index in [0.717, 1.165) is 25.9 Å². The van der Waals surface area contributed by atoms with Gasteiger partial charge < -0.3 is 15.2 Å². The maximum Gasteiger partial charge on any atom is 0.335 e. The largest absolute Gasteiger partial charge is 0.478 e. The molecular formula is C14H16BrNO4. The molecule has 1 unspecified atom stereocenters. The van der Waals surface area contributed by atoms with Crippen LogP contribution in [0.1, 0.15) is 36.0 Å². The number of benzene rings is 1.